The molecule has 0 bridgehead atoms. The van der Waals surface area contributed by atoms with Crippen LogP contribution in [0.25, 0.3) is 10.9 Å². The lowest BCUT2D eigenvalue weighted by Crippen LogP contribution is -1.98. The van der Waals surface area contributed by atoms with Crippen molar-refractivity contribution in [2.24, 2.45) is 5.16 Å². The van der Waals surface area contributed by atoms with Gasteiger partial charge in [-0.1, -0.05) is 23.4 Å². The highest BCUT2D eigenvalue weighted by atomic mass is 16.5. The third-order valence-electron chi connectivity index (χ3n) is 2.44. The largest absolute Gasteiger partial charge is 0.481 e. The third kappa shape index (κ3) is 1.69. The summed E-state index contributed by atoms with van der Waals surface area (Å²) in [6, 6.07) is 9.45. The Kier molecular flexibility index (Phi) is 2.72. The third-order valence-corrected chi connectivity index (χ3v) is 2.44. The van der Waals surface area contributed by atoms with Gasteiger partial charge >= 0.3 is 0 Å². The number of methoxy groups -OCH3 is 1. The van der Waals surface area contributed by atoms with E-state index in [-0.39, 0.29) is 0 Å². The summed E-state index contributed by atoms with van der Waals surface area (Å²) in [5, 5.41) is 13.0. The zero-order valence-electron chi connectivity index (χ0n) is 9.14. The minimum Gasteiger partial charge on any atom is -0.481 e. The molecule has 0 atom stereocenters. The molecule has 0 spiro atoms. The minimum absolute atomic E-state index is 0.534. The van der Waals surface area contributed by atoms with E-state index in [1.165, 1.54) is 0 Å². The highest BCUT2D eigenvalue weighted by Gasteiger charge is 2.06. The number of hydrogen-bond donors (Lipinski definition) is 1. The Morgan fingerprint density at radius 1 is 1.31 bits per heavy atom. The van der Waals surface area contributed by atoms with Crippen LogP contribution in [-0.4, -0.2) is 23.0 Å². The van der Waals surface area contributed by atoms with Gasteiger partial charge in [-0.25, -0.2) is 4.98 Å². The van der Waals surface area contributed by atoms with Crippen molar-refractivity contribution in [3.8, 4) is 5.88 Å². The van der Waals surface area contributed by atoms with Crippen LogP contribution in [0.1, 0.15) is 12.5 Å². The van der Waals surface area contributed by atoms with E-state index in [9.17, 15) is 0 Å². The van der Waals surface area contributed by atoms with Gasteiger partial charge in [-0.2, -0.15) is 0 Å². The molecule has 2 rings (SSSR count). The standard InChI is InChI=1S/C12H12N2O2/c1-8(14-15)10-5-3-4-9-6-7-11(16-2)13-12(9)10/h3-7,15H,1-2H3/b14-8+. The molecule has 0 amide bonds. The van der Waals surface area contributed by atoms with Gasteiger partial charge in [0.1, 0.15) is 0 Å². The minimum atomic E-state index is 0.534. The van der Waals surface area contributed by atoms with Crippen LogP contribution in [0.2, 0.25) is 0 Å². The van der Waals surface area contributed by atoms with Crippen LogP contribution in [0, 0.1) is 0 Å². The van der Waals surface area contributed by atoms with Gasteiger partial charge in [-0.15, -0.1) is 0 Å². The fourth-order valence-electron chi connectivity index (χ4n) is 1.59. The Morgan fingerprint density at radius 3 is 2.81 bits per heavy atom. The van der Waals surface area contributed by atoms with Crippen molar-refractivity contribution < 1.29 is 9.94 Å². The molecular weight excluding hydrogens is 204 g/mol. The predicted molar refractivity (Wildman–Crippen MR) is 62.3 cm³/mol. The number of aromatic nitrogens is 1. The van der Waals surface area contributed by atoms with Gasteiger partial charge in [0.25, 0.3) is 0 Å². The Hall–Kier alpha value is -2.10. The number of benzene rings is 1. The van der Waals surface area contributed by atoms with Crippen molar-refractivity contribution >= 4 is 16.6 Å². The number of fused-ring (bicyclic) bond motifs is 1. The fraction of sp³-hybridized carbons (Fsp3) is 0.167. The average Bonchev–Trinajstić information content (AvgIpc) is 2.36. The van der Waals surface area contributed by atoms with Crippen LogP contribution in [0.15, 0.2) is 35.5 Å². The first kappa shape index (κ1) is 10.4. The highest BCUT2D eigenvalue weighted by Crippen LogP contribution is 2.20. The predicted octanol–water partition coefficient (Wildman–Crippen LogP) is 2.44. The van der Waals surface area contributed by atoms with Crippen LogP contribution in [0.3, 0.4) is 0 Å². The Bertz CT molecular complexity index is 550. The molecule has 4 nitrogen and oxygen atoms in total. The molecule has 2 aromatic rings. The molecule has 0 aliphatic carbocycles. The van der Waals surface area contributed by atoms with Crippen molar-refractivity contribution in [3.63, 3.8) is 0 Å². The smallest absolute Gasteiger partial charge is 0.213 e. The Morgan fingerprint density at radius 2 is 2.12 bits per heavy atom. The second-order valence-electron chi connectivity index (χ2n) is 3.42. The number of nitrogens with zero attached hydrogens (tertiary/aromatic N) is 2. The fourth-order valence-corrected chi connectivity index (χ4v) is 1.59. The van der Waals surface area contributed by atoms with E-state index < -0.39 is 0 Å². The molecule has 16 heavy (non-hydrogen) atoms. The van der Waals surface area contributed by atoms with Crippen molar-refractivity contribution in [1.82, 2.24) is 4.98 Å². The van der Waals surface area contributed by atoms with Crippen molar-refractivity contribution in [1.29, 1.82) is 0 Å². The van der Waals surface area contributed by atoms with Gasteiger partial charge in [-0.05, 0) is 13.0 Å². The zero-order chi connectivity index (χ0) is 11.5. The van der Waals surface area contributed by atoms with Crippen LogP contribution in [0.4, 0.5) is 0 Å². The molecule has 1 aromatic heterocycles. The van der Waals surface area contributed by atoms with Gasteiger partial charge < -0.3 is 9.94 Å². The summed E-state index contributed by atoms with van der Waals surface area (Å²) in [4.78, 5) is 4.35. The first-order chi connectivity index (χ1) is 7.76. The normalized spacial score (nSPS) is 11.8. The van der Waals surface area contributed by atoms with Crippen molar-refractivity contribution in [3.05, 3.63) is 35.9 Å². The van der Waals surface area contributed by atoms with E-state index in [1.807, 2.05) is 24.3 Å². The Balaban J connectivity index is 2.74. The van der Waals surface area contributed by atoms with E-state index in [2.05, 4.69) is 10.1 Å². The maximum absolute atomic E-state index is 8.80. The molecule has 0 saturated carbocycles. The van der Waals surface area contributed by atoms with Gasteiger partial charge in [0.2, 0.25) is 5.88 Å². The van der Waals surface area contributed by atoms with Gasteiger partial charge in [0.05, 0.1) is 18.3 Å². The van der Waals surface area contributed by atoms with Crippen molar-refractivity contribution in [2.75, 3.05) is 7.11 Å². The molecule has 0 radical (unpaired) electrons. The van der Waals surface area contributed by atoms with Gasteiger partial charge in [-0.3, -0.25) is 0 Å². The maximum Gasteiger partial charge on any atom is 0.213 e. The number of pyridine rings is 1. The zero-order valence-corrected chi connectivity index (χ0v) is 9.14. The molecule has 82 valence electrons. The number of oxime groups is 1. The molecule has 1 aromatic carbocycles. The SMILES string of the molecule is COc1ccc2cccc(/C(C)=N/O)c2n1. The Labute approximate surface area is 93.2 Å². The number of ether oxygens (including phenoxy) is 1. The first-order valence-electron chi connectivity index (χ1n) is 4.89. The van der Waals surface area contributed by atoms with E-state index in [1.54, 1.807) is 20.1 Å². The van der Waals surface area contributed by atoms with E-state index in [0.29, 0.717) is 11.6 Å². The molecule has 0 aliphatic heterocycles. The quantitative estimate of drug-likeness (QED) is 0.476. The molecule has 0 aliphatic rings. The first-order valence-corrected chi connectivity index (χ1v) is 4.89. The lowest BCUT2D eigenvalue weighted by Gasteiger charge is -2.05. The topological polar surface area (TPSA) is 54.7 Å². The summed E-state index contributed by atoms with van der Waals surface area (Å²) in [5.41, 5.74) is 2.11. The molecular formula is C12H12N2O2. The van der Waals surface area contributed by atoms with Gasteiger partial charge in [0.15, 0.2) is 0 Å². The summed E-state index contributed by atoms with van der Waals surface area (Å²) >= 11 is 0. The second-order valence-corrected chi connectivity index (χ2v) is 3.42. The highest BCUT2D eigenvalue weighted by molar-refractivity contribution is 6.08. The van der Waals surface area contributed by atoms with E-state index in [4.69, 9.17) is 9.94 Å². The summed E-state index contributed by atoms with van der Waals surface area (Å²) in [6.07, 6.45) is 0. The monoisotopic (exact) mass is 216 g/mol. The lowest BCUT2D eigenvalue weighted by atomic mass is 10.1. The summed E-state index contributed by atoms with van der Waals surface area (Å²) in [7, 11) is 1.57. The summed E-state index contributed by atoms with van der Waals surface area (Å²) in [5.74, 6) is 0.547. The lowest BCUT2D eigenvalue weighted by molar-refractivity contribution is 0.319. The maximum atomic E-state index is 8.80. The molecule has 1 heterocycles. The van der Waals surface area contributed by atoms with E-state index in [0.717, 1.165) is 16.5 Å². The molecule has 0 fully saturated rings. The van der Waals surface area contributed by atoms with Crippen molar-refractivity contribution in [2.45, 2.75) is 6.92 Å². The summed E-state index contributed by atoms with van der Waals surface area (Å²) in [6.45, 7) is 1.73. The second kappa shape index (κ2) is 4.18. The number of para-hydroxylation sites is 1. The average molecular weight is 216 g/mol. The molecule has 4 heteroatoms. The van der Waals surface area contributed by atoms with Gasteiger partial charge in [0, 0.05) is 17.0 Å². The van der Waals surface area contributed by atoms with Crippen LogP contribution in [0.5, 0.6) is 5.88 Å². The van der Waals surface area contributed by atoms with Crippen LogP contribution in [-0.2, 0) is 0 Å². The molecule has 0 saturated heterocycles. The van der Waals surface area contributed by atoms with Crippen LogP contribution < -0.4 is 4.74 Å². The molecule has 1 N–H and O–H groups in total. The van der Waals surface area contributed by atoms with Crippen LogP contribution >= 0.6 is 0 Å². The molecule has 0 unspecified atom stereocenters. The number of rotatable bonds is 2. The number of hydrogen-bond acceptors (Lipinski definition) is 4. The summed E-state index contributed by atoms with van der Waals surface area (Å²) < 4.78 is 5.08. The van der Waals surface area contributed by atoms with E-state index >= 15 is 0 Å².